The van der Waals surface area contributed by atoms with Gasteiger partial charge in [-0.3, -0.25) is 0 Å². The third kappa shape index (κ3) is 3.06. The first-order chi connectivity index (χ1) is 18.4. The fourth-order valence-corrected chi connectivity index (χ4v) is 7.15. The van der Waals surface area contributed by atoms with Crippen molar-refractivity contribution in [1.29, 1.82) is 0 Å². The number of aromatic nitrogens is 1. The molecule has 0 spiro atoms. The molecule has 7 aromatic rings. The van der Waals surface area contributed by atoms with Crippen LogP contribution in [0, 0.1) is 0 Å². The Kier molecular flexibility index (Phi) is 4.46. The molecule has 1 aliphatic rings. The summed E-state index contributed by atoms with van der Waals surface area (Å²) in [5.41, 5.74) is 10.9. The monoisotopic (exact) mass is 487 g/mol. The molecule has 0 fully saturated rings. The lowest BCUT2D eigenvalue weighted by Crippen LogP contribution is -1.89. The summed E-state index contributed by atoms with van der Waals surface area (Å²) < 4.78 is 1.33. The zero-order valence-electron chi connectivity index (χ0n) is 20.0. The summed E-state index contributed by atoms with van der Waals surface area (Å²) in [5, 5.41) is 3.91. The number of thiophene rings is 1. The third-order valence-electron chi connectivity index (χ3n) is 7.44. The Morgan fingerprint density at radius 2 is 1.11 bits per heavy atom. The van der Waals surface area contributed by atoms with Crippen molar-refractivity contribution in [2.24, 2.45) is 0 Å². The average molecular weight is 488 g/mol. The lowest BCUT2D eigenvalue weighted by Gasteiger charge is -2.12. The highest BCUT2D eigenvalue weighted by molar-refractivity contribution is 7.24. The van der Waals surface area contributed by atoms with E-state index in [9.17, 15) is 0 Å². The molecule has 2 heteroatoms. The molecule has 37 heavy (non-hydrogen) atoms. The minimum atomic E-state index is 0.998. The third-order valence-corrected chi connectivity index (χ3v) is 8.68. The first kappa shape index (κ1) is 20.6. The standard InChI is InChI=1S/C35H21NS/c1-2-11-22(12-3-1)30-19-10-20-31(36-30)35-32-28-18-9-8-16-26(28)25-15-6-7-17-27(25)29-21-23-13-4-5-14-24(23)34(37-35)33(29)32/h1-21H. The van der Waals surface area contributed by atoms with Crippen molar-refractivity contribution in [3.63, 3.8) is 0 Å². The summed E-state index contributed by atoms with van der Waals surface area (Å²) in [6, 6.07) is 45.7. The van der Waals surface area contributed by atoms with Crippen LogP contribution in [0.5, 0.6) is 0 Å². The van der Waals surface area contributed by atoms with Gasteiger partial charge in [-0.2, -0.15) is 0 Å². The molecular formula is C35H21NS. The minimum absolute atomic E-state index is 0.998. The number of fused-ring (bicyclic) bond motifs is 7. The summed E-state index contributed by atoms with van der Waals surface area (Å²) in [6.45, 7) is 0. The van der Waals surface area contributed by atoms with Crippen molar-refractivity contribution in [3.05, 3.63) is 127 Å². The van der Waals surface area contributed by atoms with Crippen LogP contribution in [-0.2, 0) is 0 Å². The highest BCUT2D eigenvalue weighted by Crippen LogP contribution is 2.55. The number of pyridine rings is 1. The molecule has 5 aromatic carbocycles. The van der Waals surface area contributed by atoms with Crippen LogP contribution in [0.3, 0.4) is 0 Å². The Morgan fingerprint density at radius 3 is 1.92 bits per heavy atom. The van der Waals surface area contributed by atoms with Gasteiger partial charge in [-0.25, -0.2) is 4.98 Å². The topological polar surface area (TPSA) is 12.9 Å². The fraction of sp³-hybridized carbons (Fsp3) is 0. The summed E-state index contributed by atoms with van der Waals surface area (Å²) in [6.07, 6.45) is 0. The zero-order valence-corrected chi connectivity index (χ0v) is 20.8. The Morgan fingerprint density at radius 1 is 0.486 bits per heavy atom. The predicted molar refractivity (Wildman–Crippen MR) is 158 cm³/mol. The molecule has 0 amide bonds. The van der Waals surface area contributed by atoms with Crippen LogP contribution in [0.2, 0.25) is 0 Å². The minimum Gasteiger partial charge on any atom is -0.247 e. The summed E-state index contributed by atoms with van der Waals surface area (Å²) >= 11 is 1.87. The molecule has 0 N–H and O–H groups in total. The van der Waals surface area contributed by atoms with Gasteiger partial charge in [0.15, 0.2) is 0 Å². The van der Waals surface area contributed by atoms with E-state index >= 15 is 0 Å². The van der Waals surface area contributed by atoms with E-state index in [1.165, 1.54) is 59.1 Å². The van der Waals surface area contributed by atoms with Crippen LogP contribution in [0.25, 0.3) is 76.1 Å². The van der Waals surface area contributed by atoms with Gasteiger partial charge in [-0.15, -0.1) is 11.3 Å². The molecule has 1 aliphatic carbocycles. The van der Waals surface area contributed by atoms with Crippen molar-refractivity contribution in [2.75, 3.05) is 0 Å². The van der Waals surface area contributed by atoms with Crippen molar-refractivity contribution in [3.8, 4) is 55.2 Å². The Hall–Kier alpha value is -4.53. The quantitative estimate of drug-likeness (QED) is 0.236. The highest BCUT2D eigenvalue weighted by Gasteiger charge is 2.27. The summed E-state index contributed by atoms with van der Waals surface area (Å²) in [4.78, 5) is 6.44. The van der Waals surface area contributed by atoms with E-state index in [0.717, 1.165) is 17.0 Å². The SMILES string of the molecule is c1ccc(-c2cccc(-c3sc4c5c(cc6ccccc64)-c4ccccc4-c4ccccc4-c35)n2)cc1. The molecular weight excluding hydrogens is 466 g/mol. The Bertz CT molecular complexity index is 1980. The second-order valence-corrected chi connectivity index (χ2v) is 10.5. The maximum absolute atomic E-state index is 5.21. The molecule has 0 saturated heterocycles. The van der Waals surface area contributed by atoms with Gasteiger partial charge in [0, 0.05) is 21.2 Å². The lowest BCUT2D eigenvalue weighted by molar-refractivity contribution is 1.34. The molecule has 0 saturated carbocycles. The number of rotatable bonds is 2. The molecule has 1 nitrogen and oxygen atoms in total. The van der Waals surface area contributed by atoms with Crippen molar-refractivity contribution < 1.29 is 0 Å². The first-order valence-corrected chi connectivity index (χ1v) is 13.4. The van der Waals surface area contributed by atoms with Gasteiger partial charge < -0.3 is 0 Å². The van der Waals surface area contributed by atoms with Crippen LogP contribution in [-0.4, -0.2) is 4.98 Å². The molecule has 0 bridgehead atoms. The van der Waals surface area contributed by atoms with Crippen LogP contribution in [0.4, 0.5) is 0 Å². The second kappa shape index (κ2) is 7.99. The lowest BCUT2D eigenvalue weighted by atomic mass is 9.93. The molecule has 0 radical (unpaired) electrons. The summed E-state index contributed by atoms with van der Waals surface area (Å²) in [5.74, 6) is 0. The molecule has 2 heterocycles. The van der Waals surface area contributed by atoms with Gasteiger partial charge >= 0.3 is 0 Å². The predicted octanol–water partition coefficient (Wildman–Crippen LogP) is 10.1. The smallest absolute Gasteiger partial charge is 0.0816 e. The number of hydrogen-bond acceptors (Lipinski definition) is 2. The summed E-state index contributed by atoms with van der Waals surface area (Å²) in [7, 11) is 0. The van der Waals surface area contributed by atoms with Crippen molar-refractivity contribution >= 4 is 32.2 Å². The van der Waals surface area contributed by atoms with Crippen LogP contribution in [0.1, 0.15) is 0 Å². The molecule has 2 aromatic heterocycles. The van der Waals surface area contributed by atoms with Gasteiger partial charge in [-0.05, 0) is 56.8 Å². The fourth-order valence-electron chi connectivity index (χ4n) is 5.80. The normalized spacial score (nSPS) is 11.8. The molecule has 0 atom stereocenters. The van der Waals surface area contributed by atoms with E-state index in [1.807, 2.05) is 17.4 Å². The number of nitrogens with zero attached hydrogens (tertiary/aromatic N) is 1. The number of hydrogen-bond donors (Lipinski definition) is 0. The first-order valence-electron chi connectivity index (χ1n) is 12.6. The maximum Gasteiger partial charge on any atom is 0.0816 e. The van der Waals surface area contributed by atoms with Gasteiger partial charge in [0.1, 0.15) is 0 Å². The maximum atomic E-state index is 5.21. The molecule has 8 rings (SSSR count). The van der Waals surface area contributed by atoms with Crippen molar-refractivity contribution in [2.45, 2.75) is 0 Å². The Balaban J connectivity index is 1.54. The number of benzene rings is 5. The van der Waals surface area contributed by atoms with Crippen LogP contribution in [0.15, 0.2) is 127 Å². The average Bonchev–Trinajstić information content (AvgIpc) is 3.33. The van der Waals surface area contributed by atoms with E-state index in [0.29, 0.717) is 0 Å². The largest absolute Gasteiger partial charge is 0.247 e. The van der Waals surface area contributed by atoms with Crippen LogP contribution >= 0.6 is 11.3 Å². The van der Waals surface area contributed by atoms with E-state index in [2.05, 4.69) is 121 Å². The van der Waals surface area contributed by atoms with E-state index in [4.69, 9.17) is 4.98 Å². The van der Waals surface area contributed by atoms with E-state index in [1.54, 1.807) is 0 Å². The highest BCUT2D eigenvalue weighted by atomic mass is 32.1. The molecule has 0 aliphatic heterocycles. The molecule has 172 valence electrons. The van der Waals surface area contributed by atoms with Gasteiger partial charge in [0.25, 0.3) is 0 Å². The van der Waals surface area contributed by atoms with Crippen molar-refractivity contribution in [1.82, 2.24) is 4.98 Å². The van der Waals surface area contributed by atoms with Gasteiger partial charge in [0.2, 0.25) is 0 Å². The molecule has 0 unspecified atom stereocenters. The van der Waals surface area contributed by atoms with E-state index in [-0.39, 0.29) is 0 Å². The van der Waals surface area contributed by atoms with Crippen LogP contribution < -0.4 is 0 Å². The van der Waals surface area contributed by atoms with E-state index < -0.39 is 0 Å². The second-order valence-electron chi connectivity index (χ2n) is 9.52. The van der Waals surface area contributed by atoms with Gasteiger partial charge in [0.05, 0.1) is 16.3 Å². The Labute approximate surface area is 219 Å². The zero-order chi connectivity index (χ0) is 24.3. The van der Waals surface area contributed by atoms with Gasteiger partial charge in [-0.1, -0.05) is 109 Å².